The predicted molar refractivity (Wildman–Crippen MR) is 137 cm³/mol. The highest BCUT2D eigenvalue weighted by molar-refractivity contribution is 8.02. The molecule has 5 atom stereocenters. The fourth-order valence-corrected chi connectivity index (χ4v) is 8.29. The molecule has 192 valence electrons. The molecule has 1 N–H and O–H groups in total. The van der Waals surface area contributed by atoms with Gasteiger partial charge >= 0.3 is 5.97 Å². The quantitative estimate of drug-likeness (QED) is 0.489. The van der Waals surface area contributed by atoms with Crippen molar-refractivity contribution in [2.45, 2.75) is 41.7 Å². The number of anilines is 1. The first-order valence-corrected chi connectivity index (χ1v) is 13.3. The van der Waals surface area contributed by atoms with Crippen LogP contribution in [0.1, 0.15) is 26.2 Å². The fourth-order valence-electron chi connectivity index (χ4n) is 6.14. The Morgan fingerprint density at radius 3 is 2.58 bits per heavy atom. The van der Waals surface area contributed by atoms with Gasteiger partial charge in [-0.05, 0) is 50.5 Å². The maximum absolute atomic E-state index is 14.2. The topological polar surface area (TPSA) is 96.4 Å². The minimum atomic E-state index is -0.957. The Kier molecular flexibility index (Phi) is 6.63. The zero-order valence-electron chi connectivity index (χ0n) is 20.6. The lowest BCUT2D eigenvalue weighted by Gasteiger charge is -2.36. The Morgan fingerprint density at radius 2 is 1.86 bits per heavy atom. The zero-order valence-corrected chi connectivity index (χ0v) is 21.4. The van der Waals surface area contributed by atoms with Crippen molar-refractivity contribution in [1.82, 2.24) is 4.90 Å². The third-order valence-corrected chi connectivity index (χ3v) is 9.52. The van der Waals surface area contributed by atoms with Crippen LogP contribution in [0.25, 0.3) is 0 Å². The number of fused-ring (bicyclic) bond motifs is 2. The highest BCUT2D eigenvalue weighted by Crippen LogP contribution is 2.65. The van der Waals surface area contributed by atoms with E-state index in [9.17, 15) is 19.5 Å². The predicted octanol–water partition coefficient (Wildman–Crippen LogP) is 2.56. The first-order valence-electron chi connectivity index (χ1n) is 12.5. The van der Waals surface area contributed by atoms with Crippen molar-refractivity contribution in [3.05, 3.63) is 48.6 Å². The van der Waals surface area contributed by atoms with Crippen LogP contribution >= 0.6 is 11.8 Å². The number of likely N-dealkylation sites (tertiary alicyclic amines) is 1. The molecule has 1 unspecified atom stereocenters. The largest absolute Gasteiger partial charge is 0.497 e. The summed E-state index contributed by atoms with van der Waals surface area (Å²) in [5.74, 6) is -1.73. The number of amides is 2. The van der Waals surface area contributed by atoms with Crippen molar-refractivity contribution >= 4 is 35.2 Å². The van der Waals surface area contributed by atoms with Crippen molar-refractivity contribution in [3.8, 4) is 5.75 Å². The average Bonchev–Trinajstić information content (AvgIpc) is 3.19. The molecule has 1 spiro atoms. The van der Waals surface area contributed by atoms with Crippen LogP contribution in [0.4, 0.5) is 5.69 Å². The molecule has 0 saturated carbocycles. The number of hydrogen-bond acceptors (Lipinski definition) is 7. The standard InChI is InChI=1S/C27H32N2O6S/c1-26-12-5-3-4-6-17-35-25(33)21(26)20-23(31)29(15-16-30)22-24(32)28(14-7-13-27(20,22)36-26)18-8-10-19(34-2)11-9-18/h5,7-13,20-22,30H,3-4,6,14-17H2,1-2H3/b12-5-/t20-,21+,22?,26-,27-/m0/s1. The molecule has 2 saturated heterocycles. The van der Waals surface area contributed by atoms with Gasteiger partial charge in [0.15, 0.2) is 0 Å². The van der Waals surface area contributed by atoms with E-state index in [0.717, 1.165) is 19.3 Å². The highest BCUT2D eigenvalue weighted by atomic mass is 32.2. The maximum atomic E-state index is 14.2. The number of aliphatic hydroxyl groups excluding tert-OH is 1. The second-order valence-corrected chi connectivity index (χ2v) is 11.7. The van der Waals surface area contributed by atoms with Gasteiger partial charge in [-0.2, -0.15) is 0 Å². The van der Waals surface area contributed by atoms with Crippen LogP contribution < -0.4 is 9.64 Å². The lowest BCUT2D eigenvalue weighted by atomic mass is 9.74. The molecular formula is C27H32N2O6S. The van der Waals surface area contributed by atoms with Crippen molar-refractivity contribution in [1.29, 1.82) is 0 Å². The van der Waals surface area contributed by atoms with Crippen molar-refractivity contribution in [2.24, 2.45) is 11.8 Å². The molecule has 1 aromatic carbocycles. The molecule has 36 heavy (non-hydrogen) atoms. The summed E-state index contributed by atoms with van der Waals surface area (Å²) in [5.41, 5.74) is 0.690. The Morgan fingerprint density at radius 1 is 1.08 bits per heavy atom. The van der Waals surface area contributed by atoms with Gasteiger partial charge in [0.05, 0.1) is 36.9 Å². The molecule has 0 aromatic heterocycles. The van der Waals surface area contributed by atoms with E-state index in [1.807, 2.05) is 37.3 Å². The zero-order chi connectivity index (χ0) is 25.5. The number of ether oxygens (including phenoxy) is 2. The molecule has 0 bridgehead atoms. The number of aliphatic hydroxyl groups is 1. The first-order chi connectivity index (χ1) is 17.4. The van der Waals surface area contributed by atoms with E-state index in [1.165, 1.54) is 16.7 Å². The molecule has 0 radical (unpaired) electrons. The SMILES string of the molecule is COc1ccc(N2CC=C[C@]34S[C@@]5(C)/C=C\CCCCOC(=O)[C@H]5[C@H]3C(=O)N(CCO)C4C2=O)cc1. The normalized spacial score (nSPS) is 35.0. The molecular weight excluding hydrogens is 480 g/mol. The molecule has 1 aromatic rings. The van der Waals surface area contributed by atoms with Gasteiger partial charge < -0.3 is 24.4 Å². The number of methoxy groups -OCH3 is 1. The van der Waals surface area contributed by atoms with Crippen LogP contribution in [0.5, 0.6) is 5.75 Å². The molecule has 4 aliphatic heterocycles. The number of β-amino-alcohol motifs (C(OH)–C–C–N with tert-alkyl or cyclic N) is 1. The number of hydrogen-bond donors (Lipinski definition) is 1. The van der Waals surface area contributed by atoms with Gasteiger partial charge in [0.25, 0.3) is 5.91 Å². The summed E-state index contributed by atoms with van der Waals surface area (Å²) < 4.78 is 9.25. The van der Waals surface area contributed by atoms with Crippen LogP contribution in [-0.4, -0.2) is 76.7 Å². The number of nitrogens with zero attached hydrogens (tertiary/aromatic N) is 2. The molecule has 2 fully saturated rings. The fraction of sp³-hybridized carbons (Fsp3) is 0.519. The number of esters is 1. The molecule has 5 rings (SSSR count). The lowest BCUT2D eigenvalue weighted by molar-refractivity contribution is -0.154. The van der Waals surface area contributed by atoms with E-state index in [4.69, 9.17) is 9.47 Å². The Balaban J connectivity index is 1.61. The maximum Gasteiger partial charge on any atom is 0.311 e. The van der Waals surface area contributed by atoms with Crippen molar-refractivity contribution in [2.75, 3.05) is 38.3 Å². The highest BCUT2D eigenvalue weighted by Gasteiger charge is 2.73. The number of thioether (sulfide) groups is 1. The second kappa shape index (κ2) is 9.59. The Bertz CT molecular complexity index is 1100. The van der Waals surface area contributed by atoms with Gasteiger partial charge in [-0.15, -0.1) is 11.8 Å². The minimum absolute atomic E-state index is 0.0205. The number of benzene rings is 1. The third kappa shape index (κ3) is 3.84. The summed E-state index contributed by atoms with van der Waals surface area (Å²) in [6.45, 7) is 2.37. The lowest BCUT2D eigenvalue weighted by Crippen LogP contribution is -2.54. The number of rotatable bonds is 4. The van der Waals surface area contributed by atoms with Crippen LogP contribution in [0.3, 0.4) is 0 Å². The number of carbonyl (C=O) groups is 3. The van der Waals surface area contributed by atoms with E-state index >= 15 is 0 Å². The third-order valence-electron chi connectivity index (χ3n) is 7.73. The second-order valence-electron chi connectivity index (χ2n) is 9.87. The van der Waals surface area contributed by atoms with E-state index in [2.05, 4.69) is 6.08 Å². The Labute approximate surface area is 215 Å². The number of allylic oxidation sites excluding steroid dienone is 1. The van der Waals surface area contributed by atoms with Crippen LogP contribution in [0.15, 0.2) is 48.6 Å². The molecule has 0 aliphatic carbocycles. The molecule has 4 aliphatic rings. The van der Waals surface area contributed by atoms with Crippen LogP contribution in [-0.2, 0) is 19.1 Å². The van der Waals surface area contributed by atoms with Gasteiger partial charge in [0, 0.05) is 23.5 Å². The monoisotopic (exact) mass is 512 g/mol. The number of carbonyl (C=O) groups excluding carboxylic acids is 3. The number of cyclic esters (lactones) is 1. The molecule has 9 heteroatoms. The summed E-state index contributed by atoms with van der Waals surface area (Å²) in [7, 11) is 1.58. The van der Waals surface area contributed by atoms with E-state index in [1.54, 1.807) is 24.1 Å². The molecule has 4 heterocycles. The van der Waals surface area contributed by atoms with Gasteiger partial charge in [-0.25, -0.2) is 0 Å². The smallest absolute Gasteiger partial charge is 0.311 e. The Hall–Kier alpha value is -2.78. The molecule has 8 nitrogen and oxygen atoms in total. The van der Waals surface area contributed by atoms with Gasteiger partial charge in [-0.1, -0.05) is 24.3 Å². The average molecular weight is 513 g/mol. The van der Waals surface area contributed by atoms with Crippen LogP contribution in [0, 0.1) is 11.8 Å². The summed E-state index contributed by atoms with van der Waals surface area (Å²) >= 11 is 1.51. The summed E-state index contributed by atoms with van der Waals surface area (Å²) in [4.78, 5) is 44.7. The van der Waals surface area contributed by atoms with Gasteiger partial charge in [0.1, 0.15) is 11.8 Å². The van der Waals surface area contributed by atoms with Gasteiger partial charge in [0.2, 0.25) is 5.91 Å². The van der Waals surface area contributed by atoms with Crippen molar-refractivity contribution in [3.63, 3.8) is 0 Å². The van der Waals surface area contributed by atoms with Crippen molar-refractivity contribution < 1.29 is 29.0 Å². The summed E-state index contributed by atoms with van der Waals surface area (Å²) in [5, 5.41) is 9.82. The minimum Gasteiger partial charge on any atom is -0.497 e. The van der Waals surface area contributed by atoms with E-state index < -0.39 is 33.3 Å². The van der Waals surface area contributed by atoms with Gasteiger partial charge in [-0.3, -0.25) is 14.4 Å². The van der Waals surface area contributed by atoms with E-state index in [-0.39, 0.29) is 25.0 Å². The van der Waals surface area contributed by atoms with Crippen LogP contribution in [0.2, 0.25) is 0 Å². The van der Waals surface area contributed by atoms with E-state index in [0.29, 0.717) is 24.6 Å². The first kappa shape index (κ1) is 24.9. The summed E-state index contributed by atoms with van der Waals surface area (Å²) in [6.07, 6.45) is 10.6. The molecule has 2 amide bonds. The summed E-state index contributed by atoms with van der Waals surface area (Å²) in [6, 6.07) is 6.36.